The quantitative estimate of drug-likeness (QED) is 0.297. The lowest BCUT2D eigenvalue weighted by Gasteiger charge is -2.25. The van der Waals surface area contributed by atoms with Crippen molar-refractivity contribution in [3.05, 3.63) is 87.5 Å². The summed E-state index contributed by atoms with van der Waals surface area (Å²) < 4.78 is 44.1. The molecule has 0 saturated heterocycles. The van der Waals surface area contributed by atoms with E-state index in [9.17, 15) is 28.3 Å². The van der Waals surface area contributed by atoms with Crippen LogP contribution in [0.3, 0.4) is 0 Å². The van der Waals surface area contributed by atoms with E-state index in [4.69, 9.17) is 0 Å². The van der Waals surface area contributed by atoms with Crippen molar-refractivity contribution < 1.29 is 32.7 Å². The van der Waals surface area contributed by atoms with Crippen molar-refractivity contribution in [3.63, 3.8) is 0 Å². The molecule has 4 rings (SSSR count). The fraction of sp³-hybridized carbons (Fsp3) is 0.375. The van der Waals surface area contributed by atoms with Gasteiger partial charge in [-0.05, 0) is 91.4 Å². The number of aliphatic carboxylic acids is 1. The van der Waals surface area contributed by atoms with Crippen molar-refractivity contribution in [2.75, 3.05) is 7.05 Å². The lowest BCUT2D eigenvalue weighted by Crippen LogP contribution is -2.48. The normalized spacial score (nSPS) is 14.3. The fourth-order valence-corrected chi connectivity index (χ4v) is 5.53. The molecule has 1 aromatic heterocycles. The number of aromatic nitrogens is 1. The second-order valence-corrected chi connectivity index (χ2v) is 11.6. The van der Waals surface area contributed by atoms with E-state index in [1.54, 1.807) is 19.9 Å². The summed E-state index contributed by atoms with van der Waals surface area (Å²) in [6.45, 7) is 8.23. The van der Waals surface area contributed by atoms with Crippen LogP contribution in [0.2, 0.25) is 0 Å². The molecular weight excluding hydrogens is 561 g/mol. The molecular formula is C32H35F3N4O4. The van der Waals surface area contributed by atoms with E-state index in [0.29, 0.717) is 29.8 Å². The van der Waals surface area contributed by atoms with E-state index in [-0.39, 0.29) is 29.2 Å². The van der Waals surface area contributed by atoms with Gasteiger partial charge in [0, 0.05) is 18.7 Å². The average molecular weight is 597 g/mol. The molecule has 2 amide bonds. The van der Waals surface area contributed by atoms with Crippen LogP contribution in [0.4, 0.5) is 13.2 Å². The highest BCUT2D eigenvalue weighted by atomic mass is 19.2. The Hall–Kier alpha value is -4.25. The molecule has 0 fully saturated rings. The zero-order valence-electron chi connectivity index (χ0n) is 24.7. The highest BCUT2D eigenvalue weighted by Gasteiger charge is 2.30. The molecule has 228 valence electrons. The van der Waals surface area contributed by atoms with Crippen molar-refractivity contribution in [2.24, 2.45) is 5.92 Å². The van der Waals surface area contributed by atoms with Crippen LogP contribution in [-0.2, 0) is 22.7 Å². The molecule has 0 saturated carbocycles. The predicted molar refractivity (Wildman–Crippen MR) is 154 cm³/mol. The summed E-state index contributed by atoms with van der Waals surface area (Å²) in [7, 11) is 1.93. The summed E-state index contributed by atoms with van der Waals surface area (Å²) in [5, 5.41) is 14.8. The summed E-state index contributed by atoms with van der Waals surface area (Å²) in [6.07, 6.45) is -0.564. The first-order chi connectivity index (χ1) is 20.2. The Morgan fingerprint density at radius 1 is 1.00 bits per heavy atom. The van der Waals surface area contributed by atoms with Gasteiger partial charge in [0.25, 0.3) is 5.91 Å². The van der Waals surface area contributed by atoms with Crippen molar-refractivity contribution in [1.29, 1.82) is 0 Å². The molecule has 3 aromatic rings. The Labute approximate surface area is 248 Å². The van der Waals surface area contributed by atoms with Gasteiger partial charge in [0.15, 0.2) is 11.6 Å². The van der Waals surface area contributed by atoms with E-state index in [1.807, 2.05) is 31.9 Å². The molecule has 0 aliphatic carbocycles. The predicted octanol–water partition coefficient (Wildman–Crippen LogP) is 5.20. The molecule has 43 heavy (non-hydrogen) atoms. The van der Waals surface area contributed by atoms with Gasteiger partial charge in [-0.2, -0.15) is 0 Å². The number of carboxylic acids is 1. The first kappa shape index (κ1) is 31.7. The number of hydrogen-bond acceptors (Lipinski definition) is 5. The highest BCUT2D eigenvalue weighted by Crippen LogP contribution is 2.33. The summed E-state index contributed by atoms with van der Waals surface area (Å²) in [4.78, 5) is 45.0. The number of fused-ring (bicyclic) bond motifs is 1. The van der Waals surface area contributed by atoms with Gasteiger partial charge < -0.3 is 15.7 Å². The van der Waals surface area contributed by atoms with Gasteiger partial charge >= 0.3 is 5.97 Å². The first-order valence-corrected chi connectivity index (χ1v) is 14.0. The van der Waals surface area contributed by atoms with Gasteiger partial charge in [0.1, 0.15) is 17.6 Å². The van der Waals surface area contributed by atoms with Crippen molar-refractivity contribution in [2.45, 2.75) is 65.7 Å². The summed E-state index contributed by atoms with van der Waals surface area (Å²) in [6, 6.07) is 5.54. The van der Waals surface area contributed by atoms with Crippen LogP contribution in [-0.4, -0.2) is 45.9 Å². The topological polar surface area (TPSA) is 112 Å². The van der Waals surface area contributed by atoms with Crippen molar-refractivity contribution >= 4 is 17.8 Å². The van der Waals surface area contributed by atoms with Crippen LogP contribution in [0, 0.1) is 37.2 Å². The van der Waals surface area contributed by atoms with Gasteiger partial charge in [0.05, 0.1) is 18.2 Å². The minimum Gasteiger partial charge on any atom is -0.481 e. The van der Waals surface area contributed by atoms with Gasteiger partial charge in [0.2, 0.25) is 5.91 Å². The molecule has 11 heteroatoms. The molecule has 0 radical (unpaired) electrons. The maximum atomic E-state index is 15.2. The number of nitrogens with zero attached hydrogens (tertiary/aromatic N) is 2. The van der Waals surface area contributed by atoms with Crippen LogP contribution < -0.4 is 10.6 Å². The fourth-order valence-electron chi connectivity index (χ4n) is 5.53. The number of carboxylic acid groups (broad SMARTS) is 1. The third-order valence-electron chi connectivity index (χ3n) is 7.40. The van der Waals surface area contributed by atoms with Crippen LogP contribution in [0.1, 0.15) is 71.2 Å². The Bertz CT molecular complexity index is 1550. The lowest BCUT2D eigenvalue weighted by atomic mass is 9.91. The van der Waals surface area contributed by atoms with Gasteiger partial charge in [-0.1, -0.05) is 19.9 Å². The van der Waals surface area contributed by atoms with E-state index < -0.39 is 53.7 Å². The summed E-state index contributed by atoms with van der Waals surface area (Å²) >= 11 is 0. The van der Waals surface area contributed by atoms with E-state index in [1.165, 1.54) is 18.2 Å². The standard InChI is InChI=1S/C32H35F3N4O4/c1-16(2)8-26(38-31(42)24-7-6-19-14-39(5)15-27(19)36-24)32(43)37-25(13-28(40)41)22-11-20(12-23(34)30(22)35)29-17(3)9-21(33)10-18(29)4/h6-7,9-12,16,25-26H,8,13-15H2,1-5H3,(H,37,43)(H,38,42)(H,40,41)/t25-,26-/m0/s1. The molecule has 0 unspecified atom stereocenters. The number of carbonyl (C=O) groups is 3. The number of hydrogen-bond donors (Lipinski definition) is 3. The van der Waals surface area contributed by atoms with Crippen LogP contribution in [0.25, 0.3) is 11.1 Å². The number of carbonyl (C=O) groups excluding carboxylic acids is 2. The maximum Gasteiger partial charge on any atom is 0.305 e. The lowest BCUT2D eigenvalue weighted by molar-refractivity contribution is -0.137. The van der Waals surface area contributed by atoms with Gasteiger partial charge in [-0.3, -0.25) is 19.3 Å². The highest BCUT2D eigenvalue weighted by molar-refractivity contribution is 5.96. The molecule has 2 aromatic carbocycles. The van der Waals surface area contributed by atoms with Crippen molar-refractivity contribution in [1.82, 2.24) is 20.5 Å². The Balaban J connectivity index is 1.65. The zero-order chi connectivity index (χ0) is 31.6. The molecule has 0 bridgehead atoms. The number of rotatable bonds is 10. The largest absolute Gasteiger partial charge is 0.481 e. The van der Waals surface area contributed by atoms with Crippen LogP contribution in [0.15, 0.2) is 36.4 Å². The Morgan fingerprint density at radius 3 is 2.30 bits per heavy atom. The zero-order valence-corrected chi connectivity index (χ0v) is 24.7. The molecule has 2 heterocycles. The number of nitrogens with one attached hydrogen (secondary N) is 2. The number of pyridine rings is 1. The third-order valence-corrected chi connectivity index (χ3v) is 7.40. The van der Waals surface area contributed by atoms with Crippen LogP contribution in [0.5, 0.6) is 0 Å². The minimum atomic E-state index is -1.47. The molecule has 8 nitrogen and oxygen atoms in total. The number of aryl methyl sites for hydroxylation is 2. The Kier molecular flexibility index (Phi) is 9.54. The van der Waals surface area contributed by atoms with E-state index >= 15 is 4.39 Å². The molecule has 0 spiro atoms. The summed E-state index contributed by atoms with van der Waals surface area (Å²) in [5.74, 6) is -5.81. The Morgan fingerprint density at radius 2 is 1.67 bits per heavy atom. The smallest absolute Gasteiger partial charge is 0.305 e. The monoisotopic (exact) mass is 596 g/mol. The van der Waals surface area contributed by atoms with Gasteiger partial charge in [-0.15, -0.1) is 0 Å². The first-order valence-electron chi connectivity index (χ1n) is 14.0. The van der Waals surface area contributed by atoms with E-state index in [2.05, 4.69) is 15.6 Å². The van der Waals surface area contributed by atoms with Crippen LogP contribution >= 0.6 is 0 Å². The van der Waals surface area contributed by atoms with Gasteiger partial charge in [-0.25, -0.2) is 18.2 Å². The van der Waals surface area contributed by atoms with E-state index in [0.717, 1.165) is 17.3 Å². The minimum absolute atomic E-state index is 0.0578. The SMILES string of the molecule is Cc1cc(F)cc(C)c1-c1cc(F)c(F)c([C@H](CC(=O)O)NC(=O)[C@H](CC(C)C)NC(=O)c2ccc3c(n2)CN(C)C3)c1. The maximum absolute atomic E-state index is 15.2. The molecule has 2 atom stereocenters. The second kappa shape index (κ2) is 12.9. The average Bonchev–Trinajstić information content (AvgIpc) is 3.27. The molecule has 3 N–H and O–H groups in total. The van der Waals surface area contributed by atoms with Crippen molar-refractivity contribution in [3.8, 4) is 11.1 Å². The second-order valence-electron chi connectivity index (χ2n) is 11.6. The number of amides is 2. The number of benzene rings is 2. The summed E-state index contributed by atoms with van der Waals surface area (Å²) in [5.41, 5.74) is 3.13. The number of halogens is 3. The third kappa shape index (κ3) is 7.40. The molecule has 1 aliphatic heterocycles. The molecule has 1 aliphatic rings.